The Morgan fingerprint density at radius 1 is 1.00 bits per heavy atom. The molecule has 0 unspecified atom stereocenters. The molecule has 3 aromatic rings. The predicted octanol–water partition coefficient (Wildman–Crippen LogP) is 4.05. The summed E-state index contributed by atoms with van der Waals surface area (Å²) < 4.78 is 16.0. The lowest BCUT2D eigenvalue weighted by atomic mass is 10.0. The van der Waals surface area contributed by atoms with Crippen molar-refractivity contribution in [3.8, 4) is 22.3 Å². The molecule has 0 aliphatic carbocycles. The molecule has 1 aromatic heterocycles. The number of nitrogens with zero attached hydrogens (tertiary/aromatic N) is 2. The monoisotopic (exact) mass is 397 g/mol. The van der Waals surface area contributed by atoms with Crippen LogP contribution in [0.15, 0.2) is 59.5 Å². The smallest absolute Gasteiger partial charge is 0.272 e. The van der Waals surface area contributed by atoms with Crippen LogP contribution in [0.3, 0.4) is 0 Å². The van der Waals surface area contributed by atoms with Crippen LogP contribution in [-0.4, -0.2) is 35.3 Å². The standard InChI is InChI=1S/C19H20FN3O.2ClH/c1-22(2)10-11-23-13-17(19(24)21-23)16-12-15(8-9-18(16)20)14-6-4-3-5-7-14;;/h3-9,12-13H,10-11H2,1-2H3,(H,21,24);2*1H. The number of nitrogens with one attached hydrogen (secondary N) is 1. The molecule has 140 valence electrons. The second-order valence-electron chi connectivity index (χ2n) is 6.04. The van der Waals surface area contributed by atoms with Crippen LogP contribution in [-0.2, 0) is 6.54 Å². The van der Waals surface area contributed by atoms with Gasteiger partial charge in [0.15, 0.2) is 0 Å². The van der Waals surface area contributed by atoms with Gasteiger partial charge in [0.1, 0.15) is 5.82 Å². The maximum Gasteiger partial charge on any atom is 0.272 e. The number of benzene rings is 2. The minimum absolute atomic E-state index is 0. The van der Waals surface area contributed by atoms with Crippen LogP contribution in [0.2, 0.25) is 0 Å². The van der Waals surface area contributed by atoms with E-state index < -0.39 is 5.82 Å². The molecular weight excluding hydrogens is 376 g/mol. The molecule has 0 saturated carbocycles. The quantitative estimate of drug-likeness (QED) is 0.705. The van der Waals surface area contributed by atoms with Crippen molar-refractivity contribution >= 4 is 24.8 Å². The highest BCUT2D eigenvalue weighted by Crippen LogP contribution is 2.27. The lowest BCUT2D eigenvalue weighted by Crippen LogP contribution is -2.19. The van der Waals surface area contributed by atoms with Crippen LogP contribution in [0.4, 0.5) is 4.39 Å². The molecule has 7 heteroatoms. The topological polar surface area (TPSA) is 41.0 Å². The molecule has 1 heterocycles. The van der Waals surface area contributed by atoms with Gasteiger partial charge in [-0.3, -0.25) is 14.6 Å². The van der Waals surface area contributed by atoms with E-state index in [4.69, 9.17) is 0 Å². The second kappa shape index (κ2) is 9.57. The fourth-order valence-corrected chi connectivity index (χ4v) is 2.60. The van der Waals surface area contributed by atoms with E-state index in [2.05, 4.69) is 5.10 Å². The van der Waals surface area contributed by atoms with Crippen molar-refractivity contribution in [3.05, 3.63) is 70.9 Å². The molecule has 2 aromatic carbocycles. The molecule has 3 rings (SSSR count). The molecular formula is C19H22Cl2FN3O. The molecule has 0 aliphatic rings. The molecule has 0 spiro atoms. The predicted molar refractivity (Wildman–Crippen MR) is 109 cm³/mol. The van der Waals surface area contributed by atoms with Crippen molar-refractivity contribution in [2.45, 2.75) is 6.54 Å². The molecule has 0 aliphatic heterocycles. The van der Waals surface area contributed by atoms with E-state index in [9.17, 15) is 9.18 Å². The van der Waals surface area contributed by atoms with Crippen LogP contribution in [0.25, 0.3) is 22.3 Å². The zero-order valence-electron chi connectivity index (χ0n) is 14.6. The number of aromatic nitrogens is 2. The maximum absolute atomic E-state index is 14.3. The summed E-state index contributed by atoms with van der Waals surface area (Å²) in [4.78, 5) is 14.3. The van der Waals surface area contributed by atoms with Gasteiger partial charge in [-0.2, -0.15) is 0 Å². The van der Waals surface area contributed by atoms with Crippen LogP contribution < -0.4 is 5.56 Å². The average Bonchev–Trinajstić information content (AvgIpc) is 2.95. The first-order chi connectivity index (χ1) is 11.5. The summed E-state index contributed by atoms with van der Waals surface area (Å²) in [5, 5.41) is 2.75. The number of H-pyrrole nitrogens is 1. The first-order valence-corrected chi connectivity index (χ1v) is 7.84. The first-order valence-electron chi connectivity index (χ1n) is 7.84. The van der Waals surface area contributed by atoms with Gasteiger partial charge in [-0.15, -0.1) is 24.8 Å². The lowest BCUT2D eigenvalue weighted by molar-refractivity contribution is 0.372. The van der Waals surface area contributed by atoms with Crippen LogP contribution in [0.5, 0.6) is 0 Å². The Kier molecular flexibility index (Phi) is 8.08. The van der Waals surface area contributed by atoms with Crippen molar-refractivity contribution in [1.82, 2.24) is 14.7 Å². The third-order valence-corrected chi connectivity index (χ3v) is 3.93. The summed E-state index contributed by atoms with van der Waals surface area (Å²) in [5.74, 6) is -0.398. The molecule has 0 radical (unpaired) electrons. The number of halogens is 3. The van der Waals surface area contributed by atoms with Gasteiger partial charge in [0, 0.05) is 18.3 Å². The molecule has 26 heavy (non-hydrogen) atoms. The Morgan fingerprint density at radius 2 is 1.69 bits per heavy atom. The summed E-state index contributed by atoms with van der Waals surface area (Å²) in [6.07, 6.45) is 1.68. The largest absolute Gasteiger partial charge is 0.308 e. The summed E-state index contributed by atoms with van der Waals surface area (Å²) in [6, 6.07) is 14.6. The molecule has 4 nitrogen and oxygen atoms in total. The van der Waals surface area contributed by atoms with Gasteiger partial charge in [-0.25, -0.2) is 4.39 Å². The van der Waals surface area contributed by atoms with Gasteiger partial charge in [-0.1, -0.05) is 36.4 Å². The summed E-state index contributed by atoms with van der Waals surface area (Å²) in [6.45, 7) is 1.43. The Balaban J connectivity index is 0.00000169. The fourth-order valence-electron chi connectivity index (χ4n) is 2.60. The van der Waals surface area contributed by atoms with Crippen molar-refractivity contribution in [3.63, 3.8) is 0 Å². The second-order valence-corrected chi connectivity index (χ2v) is 6.04. The molecule has 0 amide bonds. The summed E-state index contributed by atoms with van der Waals surface area (Å²) >= 11 is 0. The lowest BCUT2D eigenvalue weighted by Gasteiger charge is -2.09. The maximum atomic E-state index is 14.3. The van der Waals surface area contributed by atoms with E-state index in [1.165, 1.54) is 6.07 Å². The Morgan fingerprint density at radius 3 is 2.35 bits per heavy atom. The Bertz CT molecular complexity index is 891. The van der Waals surface area contributed by atoms with E-state index in [-0.39, 0.29) is 30.4 Å². The number of hydrogen-bond donors (Lipinski definition) is 1. The minimum Gasteiger partial charge on any atom is -0.308 e. The van der Waals surface area contributed by atoms with Gasteiger partial charge < -0.3 is 4.90 Å². The zero-order chi connectivity index (χ0) is 17.1. The molecule has 0 bridgehead atoms. The molecule has 0 saturated heterocycles. The zero-order valence-corrected chi connectivity index (χ0v) is 16.2. The van der Waals surface area contributed by atoms with E-state index in [1.807, 2.05) is 49.3 Å². The third kappa shape index (κ3) is 4.97. The first kappa shape index (κ1) is 22.0. The normalized spacial score (nSPS) is 10.3. The molecule has 0 atom stereocenters. The van der Waals surface area contributed by atoms with Gasteiger partial charge in [0.05, 0.1) is 12.1 Å². The van der Waals surface area contributed by atoms with Crippen LogP contribution in [0, 0.1) is 5.82 Å². The summed E-state index contributed by atoms with van der Waals surface area (Å²) in [5.41, 5.74) is 2.26. The van der Waals surface area contributed by atoms with Crippen LogP contribution >= 0.6 is 24.8 Å². The minimum atomic E-state index is -0.398. The van der Waals surface area contributed by atoms with Gasteiger partial charge in [0.25, 0.3) is 5.56 Å². The highest BCUT2D eigenvalue weighted by Gasteiger charge is 2.13. The van der Waals surface area contributed by atoms with Gasteiger partial charge >= 0.3 is 0 Å². The third-order valence-electron chi connectivity index (χ3n) is 3.93. The SMILES string of the molecule is CN(C)CCn1cc(-c2cc(-c3ccccc3)ccc2F)c(=O)[nH]1.Cl.Cl. The number of hydrogen-bond acceptors (Lipinski definition) is 2. The Hall–Kier alpha value is -2.08. The van der Waals surface area contributed by atoms with Crippen LogP contribution in [0.1, 0.15) is 0 Å². The van der Waals surface area contributed by atoms with Crippen molar-refractivity contribution in [2.24, 2.45) is 0 Å². The van der Waals surface area contributed by atoms with Gasteiger partial charge in [0.2, 0.25) is 0 Å². The fraction of sp³-hybridized carbons (Fsp3) is 0.211. The number of likely N-dealkylation sites (N-methyl/N-ethyl adjacent to an activating group) is 1. The highest BCUT2D eigenvalue weighted by atomic mass is 35.5. The Labute approximate surface area is 164 Å². The van der Waals surface area contributed by atoms with E-state index >= 15 is 0 Å². The van der Waals surface area contributed by atoms with E-state index in [0.717, 1.165) is 17.7 Å². The van der Waals surface area contributed by atoms with E-state index in [1.54, 1.807) is 23.0 Å². The summed E-state index contributed by atoms with van der Waals surface area (Å²) in [7, 11) is 3.93. The van der Waals surface area contributed by atoms with Gasteiger partial charge in [-0.05, 0) is 37.4 Å². The van der Waals surface area contributed by atoms with Crippen molar-refractivity contribution < 1.29 is 4.39 Å². The highest BCUT2D eigenvalue weighted by molar-refractivity contribution is 5.85. The van der Waals surface area contributed by atoms with E-state index in [0.29, 0.717) is 17.7 Å². The molecule has 0 fully saturated rings. The number of rotatable bonds is 5. The van der Waals surface area contributed by atoms with Crippen molar-refractivity contribution in [2.75, 3.05) is 20.6 Å². The average molecular weight is 398 g/mol. The number of aromatic amines is 1. The van der Waals surface area contributed by atoms with Crippen molar-refractivity contribution in [1.29, 1.82) is 0 Å². The molecule has 1 N–H and O–H groups in total.